The van der Waals surface area contributed by atoms with Crippen molar-refractivity contribution in [1.82, 2.24) is 9.80 Å². The molecule has 0 N–H and O–H groups in total. The van der Waals surface area contributed by atoms with Gasteiger partial charge in [0.1, 0.15) is 6.61 Å². The number of hydrogen-bond donors (Lipinski definition) is 0. The van der Waals surface area contributed by atoms with Crippen LogP contribution in [0.2, 0.25) is 5.02 Å². The molecule has 0 aliphatic carbocycles. The fourth-order valence-corrected chi connectivity index (χ4v) is 3.08. The first-order valence-electron chi connectivity index (χ1n) is 9.18. The number of carbonyl (C=O) groups is 2. The summed E-state index contributed by atoms with van der Waals surface area (Å²) in [5.74, 6) is -0.155. The van der Waals surface area contributed by atoms with Gasteiger partial charge in [-0.25, -0.2) is 0 Å². The van der Waals surface area contributed by atoms with E-state index in [0.717, 1.165) is 0 Å². The minimum Gasteiger partial charge on any atom is -0.372 e. The number of benzene rings is 1. The van der Waals surface area contributed by atoms with Crippen LogP contribution in [-0.2, 0) is 9.53 Å². The maximum Gasteiger partial charge on any atom is 0.411 e. The minimum atomic E-state index is -4.29. The third-order valence-corrected chi connectivity index (χ3v) is 4.74. The van der Waals surface area contributed by atoms with Crippen molar-refractivity contribution in [2.75, 3.05) is 45.9 Å². The largest absolute Gasteiger partial charge is 0.411 e. The van der Waals surface area contributed by atoms with Crippen LogP contribution < -0.4 is 0 Å². The number of halogens is 4. The molecule has 1 aromatic rings. The number of hydrogen-bond acceptors (Lipinski definition) is 4. The van der Waals surface area contributed by atoms with E-state index in [4.69, 9.17) is 11.6 Å². The topological polar surface area (TPSA) is 49.9 Å². The van der Waals surface area contributed by atoms with Crippen LogP contribution in [-0.4, -0.2) is 73.6 Å². The lowest BCUT2D eigenvalue weighted by Gasteiger charge is -2.34. The van der Waals surface area contributed by atoms with Crippen molar-refractivity contribution in [2.24, 2.45) is 0 Å². The van der Waals surface area contributed by atoms with Crippen LogP contribution in [0.5, 0.6) is 0 Å². The molecule has 5 nitrogen and oxygen atoms in total. The Labute approximate surface area is 167 Å². The van der Waals surface area contributed by atoms with E-state index in [-0.39, 0.29) is 31.1 Å². The lowest BCUT2D eigenvalue weighted by atomic mass is 10.1. The summed E-state index contributed by atoms with van der Waals surface area (Å²) in [6.07, 6.45) is -3.47. The van der Waals surface area contributed by atoms with Crippen LogP contribution in [0.1, 0.15) is 29.6 Å². The van der Waals surface area contributed by atoms with E-state index in [1.807, 2.05) is 0 Å². The van der Waals surface area contributed by atoms with Crippen molar-refractivity contribution in [2.45, 2.75) is 25.4 Å². The number of alkyl halides is 3. The van der Waals surface area contributed by atoms with Gasteiger partial charge in [0.25, 0.3) is 0 Å². The predicted molar refractivity (Wildman–Crippen MR) is 99.5 cm³/mol. The van der Waals surface area contributed by atoms with Gasteiger partial charge in [0, 0.05) is 62.8 Å². The molecule has 1 aliphatic rings. The molecule has 2 rings (SSSR count). The Balaban J connectivity index is 1.61. The highest BCUT2D eigenvalue weighted by Gasteiger charge is 2.27. The zero-order chi connectivity index (χ0) is 20.6. The summed E-state index contributed by atoms with van der Waals surface area (Å²) >= 11 is 5.79. The van der Waals surface area contributed by atoms with Gasteiger partial charge in [0.15, 0.2) is 5.78 Å². The SMILES string of the molecule is O=C(CCC(=O)N1CCN(CCCOCC(F)(F)F)CC1)c1ccc(Cl)cc1. The summed E-state index contributed by atoms with van der Waals surface area (Å²) < 4.78 is 40.5. The number of nitrogens with zero attached hydrogens (tertiary/aromatic N) is 2. The number of carbonyl (C=O) groups excluding carboxylic acids is 2. The minimum absolute atomic E-state index is 0.0597. The molecule has 0 atom stereocenters. The molecule has 0 radical (unpaired) electrons. The van der Waals surface area contributed by atoms with E-state index >= 15 is 0 Å². The molecule has 9 heteroatoms. The van der Waals surface area contributed by atoms with Crippen LogP contribution in [0.3, 0.4) is 0 Å². The van der Waals surface area contributed by atoms with Crippen LogP contribution >= 0.6 is 11.6 Å². The highest BCUT2D eigenvalue weighted by Crippen LogP contribution is 2.15. The molecule has 1 aromatic carbocycles. The van der Waals surface area contributed by atoms with Gasteiger partial charge >= 0.3 is 6.18 Å². The van der Waals surface area contributed by atoms with Gasteiger partial charge in [-0.1, -0.05) is 11.6 Å². The molecule has 0 spiro atoms. The number of amides is 1. The second-order valence-corrected chi connectivity index (χ2v) is 7.11. The number of rotatable bonds is 9. The van der Waals surface area contributed by atoms with Crippen LogP contribution in [0.15, 0.2) is 24.3 Å². The number of Topliss-reactive ketones (excluding diaryl/α,β-unsaturated/α-hetero) is 1. The zero-order valence-corrected chi connectivity index (χ0v) is 16.3. The first kappa shape index (κ1) is 22.6. The average Bonchev–Trinajstić information content (AvgIpc) is 2.65. The molecule has 0 aromatic heterocycles. The normalized spacial score (nSPS) is 15.6. The van der Waals surface area contributed by atoms with Crippen molar-refractivity contribution in [3.8, 4) is 0 Å². The van der Waals surface area contributed by atoms with Gasteiger partial charge in [-0.15, -0.1) is 0 Å². The molecule has 156 valence electrons. The van der Waals surface area contributed by atoms with E-state index in [1.54, 1.807) is 29.2 Å². The molecular formula is C19H24ClF3N2O3. The smallest absolute Gasteiger partial charge is 0.372 e. The molecule has 1 saturated heterocycles. The number of piperazine rings is 1. The average molecular weight is 421 g/mol. The number of ketones is 1. The Hall–Kier alpha value is -1.64. The summed E-state index contributed by atoms with van der Waals surface area (Å²) in [6.45, 7) is 1.91. The number of ether oxygens (including phenoxy) is 1. The van der Waals surface area contributed by atoms with Gasteiger partial charge in [-0.05, 0) is 30.7 Å². The summed E-state index contributed by atoms with van der Waals surface area (Å²) in [7, 11) is 0. The Morgan fingerprint density at radius 1 is 1.04 bits per heavy atom. The van der Waals surface area contributed by atoms with E-state index in [9.17, 15) is 22.8 Å². The molecule has 0 unspecified atom stereocenters. The lowest BCUT2D eigenvalue weighted by Crippen LogP contribution is -2.49. The van der Waals surface area contributed by atoms with Crippen molar-refractivity contribution in [3.05, 3.63) is 34.9 Å². The van der Waals surface area contributed by atoms with E-state index < -0.39 is 12.8 Å². The summed E-state index contributed by atoms with van der Waals surface area (Å²) in [4.78, 5) is 28.2. The van der Waals surface area contributed by atoms with Crippen LogP contribution in [0.4, 0.5) is 13.2 Å². The van der Waals surface area contributed by atoms with Gasteiger partial charge in [0.2, 0.25) is 5.91 Å². The summed E-state index contributed by atoms with van der Waals surface area (Å²) in [5.41, 5.74) is 0.537. The van der Waals surface area contributed by atoms with Crippen molar-refractivity contribution in [3.63, 3.8) is 0 Å². The quantitative estimate of drug-likeness (QED) is 0.454. The second-order valence-electron chi connectivity index (χ2n) is 6.67. The highest BCUT2D eigenvalue weighted by atomic mass is 35.5. The fourth-order valence-electron chi connectivity index (χ4n) is 2.96. The second kappa shape index (κ2) is 10.8. The lowest BCUT2D eigenvalue weighted by molar-refractivity contribution is -0.174. The first-order valence-corrected chi connectivity index (χ1v) is 9.56. The Bertz CT molecular complexity index is 645. The molecule has 0 saturated carbocycles. The molecule has 1 aliphatic heterocycles. The maximum atomic E-state index is 12.3. The van der Waals surface area contributed by atoms with Crippen LogP contribution in [0, 0.1) is 0 Å². The van der Waals surface area contributed by atoms with Crippen molar-refractivity contribution < 1.29 is 27.5 Å². The fraction of sp³-hybridized carbons (Fsp3) is 0.579. The Morgan fingerprint density at radius 2 is 1.68 bits per heavy atom. The zero-order valence-electron chi connectivity index (χ0n) is 15.5. The predicted octanol–water partition coefficient (Wildman–Crippen LogP) is 3.42. The molecule has 0 bridgehead atoms. The maximum absolute atomic E-state index is 12.3. The van der Waals surface area contributed by atoms with Crippen molar-refractivity contribution in [1.29, 1.82) is 0 Å². The van der Waals surface area contributed by atoms with Gasteiger partial charge in [-0.2, -0.15) is 13.2 Å². The third kappa shape index (κ3) is 8.16. The molecule has 1 heterocycles. The highest BCUT2D eigenvalue weighted by molar-refractivity contribution is 6.30. The third-order valence-electron chi connectivity index (χ3n) is 4.49. The molecule has 28 heavy (non-hydrogen) atoms. The van der Waals surface area contributed by atoms with Crippen LogP contribution in [0.25, 0.3) is 0 Å². The molecular weight excluding hydrogens is 397 g/mol. The Morgan fingerprint density at radius 3 is 2.29 bits per heavy atom. The summed E-state index contributed by atoms with van der Waals surface area (Å²) in [5, 5.41) is 0.553. The summed E-state index contributed by atoms with van der Waals surface area (Å²) in [6, 6.07) is 6.58. The van der Waals surface area contributed by atoms with E-state index in [0.29, 0.717) is 49.7 Å². The monoisotopic (exact) mass is 420 g/mol. The van der Waals surface area contributed by atoms with Crippen molar-refractivity contribution >= 4 is 23.3 Å². The standard InChI is InChI=1S/C19H24ClF3N2O3/c20-16-4-2-15(3-5-16)17(26)6-7-18(27)25-11-9-24(10-12-25)8-1-13-28-14-19(21,22)23/h2-5H,1,6-14H2. The van der Waals surface area contributed by atoms with Gasteiger partial charge < -0.3 is 9.64 Å². The molecule has 1 amide bonds. The van der Waals surface area contributed by atoms with Gasteiger partial charge in [-0.3, -0.25) is 14.5 Å². The van der Waals surface area contributed by atoms with E-state index in [2.05, 4.69) is 9.64 Å². The van der Waals surface area contributed by atoms with Gasteiger partial charge in [0.05, 0.1) is 0 Å². The molecule has 1 fully saturated rings. The van der Waals surface area contributed by atoms with E-state index in [1.165, 1.54) is 0 Å². The first-order chi connectivity index (χ1) is 13.2. The Kier molecular flexibility index (Phi) is 8.72.